The Kier molecular flexibility index (Phi) is 3.68. The third kappa shape index (κ3) is 2.72. The molecule has 3 heterocycles. The predicted molar refractivity (Wildman–Crippen MR) is 91.8 cm³/mol. The third-order valence-corrected chi connectivity index (χ3v) is 4.29. The van der Waals surface area contributed by atoms with Crippen LogP contribution in [0.25, 0.3) is 22.0 Å². The molecular weight excluding hydrogens is 324 g/mol. The molecule has 0 aliphatic heterocycles. The number of carbonyl (C=O) groups excluding carboxylic acids is 1. The van der Waals surface area contributed by atoms with Crippen molar-refractivity contribution in [2.45, 2.75) is 0 Å². The molecule has 0 atom stereocenters. The summed E-state index contributed by atoms with van der Waals surface area (Å²) in [5, 5.41) is 4.77. The van der Waals surface area contributed by atoms with Gasteiger partial charge in [0.05, 0.1) is 4.88 Å². The standard InChI is InChI=1S/C17H12N4O2S/c22-17(14-15(23-10-20-14)13-5-2-8-24-13)21-12-4-1-3-11(9-12)16-18-6-7-19-16/h1-10H,(H,18,19)(H,21,22). The van der Waals surface area contributed by atoms with E-state index in [4.69, 9.17) is 4.42 Å². The molecule has 0 bridgehead atoms. The molecule has 6 nitrogen and oxygen atoms in total. The van der Waals surface area contributed by atoms with Gasteiger partial charge in [0.25, 0.3) is 5.91 Å². The number of thiophene rings is 1. The van der Waals surface area contributed by atoms with Gasteiger partial charge in [0.1, 0.15) is 5.82 Å². The van der Waals surface area contributed by atoms with Crippen molar-refractivity contribution in [1.29, 1.82) is 0 Å². The first kappa shape index (κ1) is 14.4. The molecule has 7 heteroatoms. The van der Waals surface area contributed by atoms with Crippen LogP contribution in [0.3, 0.4) is 0 Å². The first-order chi connectivity index (χ1) is 11.8. The van der Waals surface area contributed by atoms with Gasteiger partial charge >= 0.3 is 0 Å². The van der Waals surface area contributed by atoms with E-state index in [-0.39, 0.29) is 11.6 Å². The molecule has 0 unspecified atom stereocenters. The summed E-state index contributed by atoms with van der Waals surface area (Å²) >= 11 is 1.49. The minimum absolute atomic E-state index is 0.265. The number of H-pyrrole nitrogens is 1. The van der Waals surface area contributed by atoms with Gasteiger partial charge in [-0.15, -0.1) is 11.3 Å². The van der Waals surface area contributed by atoms with Gasteiger partial charge < -0.3 is 14.7 Å². The van der Waals surface area contributed by atoms with Gasteiger partial charge in [-0.3, -0.25) is 4.79 Å². The predicted octanol–water partition coefficient (Wildman–Crippen LogP) is 4.05. The lowest BCUT2D eigenvalue weighted by Crippen LogP contribution is -2.13. The topological polar surface area (TPSA) is 83.8 Å². The number of anilines is 1. The second kappa shape index (κ2) is 6.13. The van der Waals surface area contributed by atoms with E-state index in [1.54, 1.807) is 12.4 Å². The highest BCUT2D eigenvalue weighted by atomic mass is 32.1. The molecule has 1 amide bonds. The fourth-order valence-electron chi connectivity index (χ4n) is 2.35. The van der Waals surface area contributed by atoms with E-state index in [0.29, 0.717) is 11.4 Å². The van der Waals surface area contributed by atoms with Crippen molar-refractivity contribution in [2.24, 2.45) is 0 Å². The first-order valence-electron chi connectivity index (χ1n) is 7.20. The minimum atomic E-state index is -0.316. The van der Waals surface area contributed by atoms with Crippen molar-refractivity contribution in [3.63, 3.8) is 0 Å². The van der Waals surface area contributed by atoms with Crippen molar-refractivity contribution >= 4 is 22.9 Å². The van der Waals surface area contributed by atoms with Gasteiger partial charge in [-0.05, 0) is 23.6 Å². The van der Waals surface area contributed by atoms with E-state index in [2.05, 4.69) is 20.3 Å². The molecule has 0 spiro atoms. The van der Waals surface area contributed by atoms with E-state index in [1.165, 1.54) is 17.7 Å². The van der Waals surface area contributed by atoms with Crippen LogP contribution in [0, 0.1) is 0 Å². The lowest BCUT2D eigenvalue weighted by molar-refractivity contribution is 0.102. The normalized spacial score (nSPS) is 10.7. The summed E-state index contributed by atoms with van der Waals surface area (Å²) in [7, 11) is 0. The molecule has 118 valence electrons. The molecule has 0 saturated carbocycles. The Bertz CT molecular complexity index is 958. The van der Waals surface area contributed by atoms with E-state index < -0.39 is 0 Å². The van der Waals surface area contributed by atoms with Gasteiger partial charge in [0.2, 0.25) is 0 Å². The minimum Gasteiger partial charge on any atom is -0.442 e. The second-order valence-corrected chi connectivity index (χ2v) is 5.93. The highest BCUT2D eigenvalue weighted by molar-refractivity contribution is 7.13. The average molecular weight is 336 g/mol. The largest absolute Gasteiger partial charge is 0.442 e. The van der Waals surface area contributed by atoms with Crippen LogP contribution in [-0.4, -0.2) is 20.9 Å². The van der Waals surface area contributed by atoms with Crippen LogP contribution in [0.5, 0.6) is 0 Å². The quantitative estimate of drug-likeness (QED) is 0.589. The summed E-state index contributed by atoms with van der Waals surface area (Å²) in [4.78, 5) is 24.7. The molecule has 4 rings (SSSR count). The van der Waals surface area contributed by atoms with Gasteiger partial charge in [-0.2, -0.15) is 0 Å². The van der Waals surface area contributed by atoms with E-state index in [1.807, 2.05) is 41.8 Å². The first-order valence-corrected chi connectivity index (χ1v) is 8.08. The average Bonchev–Trinajstić information content (AvgIpc) is 3.35. The number of nitrogens with one attached hydrogen (secondary N) is 2. The summed E-state index contributed by atoms with van der Waals surface area (Å²) in [6.07, 6.45) is 4.72. The van der Waals surface area contributed by atoms with Crippen LogP contribution in [0.15, 0.2) is 65.0 Å². The van der Waals surface area contributed by atoms with Crippen LogP contribution in [0.2, 0.25) is 0 Å². The summed E-state index contributed by atoms with van der Waals surface area (Å²) in [5.41, 5.74) is 1.81. The zero-order valence-electron chi connectivity index (χ0n) is 12.4. The molecule has 1 aromatic carbocycles. The molecule has 0 saturated heterocycles. The maximum absolute atomic E-state index is 12.5. The number of hydrogen-bond acceptors (Lipinski definition) is 5. The van der Waals surface area contributed by atoms with Gasteiger partial charge in [-0.1, -0.05) is 18.2 Å². The Morgan fingerprint density at radius 2 is 2.17 bits per heavy atom. The van der Waals surface area contributed by atoms with Gasteiger partial charge in [-0.25, -0.2) is 9.97 Å². The maximum Gasteiger partial charge on any atom is 0.278 e. The van der Waals surface area contributed by atoms with Gasteiger partial charge in [0.15, 0.2) is 17.8 Å². The second-order valence-electron chi connectivity index (χ2n) is 4.98. The number of aromatic nitrogens is 3. The zero-order valence-corrected chi connectivity index (χ0v) is 13.2. The number of rotatable bonds is 4. The van der Waals surface area contributed by atoms with Crippen molar-refractivity contribution in [3.8, 4) is 22.0 Å². The summed E-state index contributed by atoms with van der Waals surface area (Å²) in [5.74, 6) is 0.903. The number of imidazole rings is 1. The van der Waals surface area contributed by atoms with Crippen LogP contribution < -0.4 is 5.32 Å². The zero-order chi connectivity index (χ0) is 16.4. The molecule has 0 aliphatic rings. The number of benzene rings is 1. The lowest BCUT2D eigenvalue weighted by Gasteiger charge is -2.05. The molecule has 0 radical (unpaired) electrons. The number of nitrogens with zero attached hydrogens (tertiary/aromatic N) is 2. The summed E-state index contributed by atoms with van der Waals surface area (Å²) in [6, 6.07) is 11.2. The fourth-order valence-corrected chi connectivity index (χ4v) is 3.06. The lowest BCUT2D eigenvalue weighted by atomic mass is 10.2. The Morgan fingerprint density at radius 3 is 2.96 bits per heavy atom. The SMILES string of the molecule is O=C(Nc1cccc(-c2ncc[nH]2)c1)c1ncoc1-c1cccs1. The third-order valence-electron chi connectivity index (χ3n) is 3.42. The number of hydrogen-bond donors (Lipinski definition) is 2. The molecule has 24 heavy (non-hydrogen) atoms. The van der Waals surface area contributed by atoms with Crippen molar-refractivity contribution in [2.75, 3.05) is 5.32 Å². The van der Waals surface area contributed by atoms with E-state index >= 15 is 0 Å². The molecule has 2 N–H and O–H groups in total. The van der Waals surface area contributed by atoms with Crippen LogP contribution in [0.4, 0.5) is 5.69 Å². The van der Waals surface area contributed by atoms with Crippen molar-refractivity contribution in [3.05, 3.63) is 66.3 Å². The fraction of sp³-hybridized carbons (Fsp3) is 0. The monoisotopic (exact) mass is 336 g/mol. The van der Waals surface area contributed by atoms with Crippen LogP contribution in [0.1, 0.15) is 10.5 Å². The van der Waals surface area contributed by atoms with Crippen LogP contribution >= 0.6 is 11.3 Å². The van der Waals surface area contributed by atoms with E-state index in [0.717, 1.165) is 16.3 Å². The Morgan fingerprint density at radius 1 is 1.21 bits per heavy atom. The molecule has 0 fully saturated rings. The molecule has 4 aromatic rings. The Balaban J connectivity index is 1.60. The van der Waals surface area contributed by atoms with Crippen molar-refractivity contribution < 1.29 is 9.21 Å². The van der Waals surface area contributed by atoms with Crippen molar-refractivity contribution in [1.82, 2.24) is 15.0 Å². The molecule has 3 aromatic heterocycles. The van der Waals surface area contributed by atoms with Crippen LogP contribution in [-0.2, 0) is 0 Å². The molecule has 0 aliphatic carbocycles. The Hall–Kier alpha value is -3.19. The Labute approximate surface area is 141 Å². The summed E-state index contributed by atoms with van der Waals surface area (Å²) in [6.45, 7) is 0. The number of aromatic amines is 1. The number of oxazole rings is 1. The maximum atomic E-state index is 12.5. The van der Waals surface area contributed by atoms with Gasteiger partial charge in [0, 0.05) is 23.6 Å². The highest BCUT2D eigenvalue weighted by Crippen LogP contribution is 2.28. The molecular formula is C17H12N4O2S. The smallest absolute Gasteiger partial charge is 0.278 e. The highest BCUT2D eigenvalue weighted by Gasteiger charge is 2.19. The number of amides is 1. The summed E-state index contributed by atoms with van der Waals surface area (Å²) < 4.78 is 5.37. The van der Waals surface area contributed by atoms with E-state index in [9.17, 15) is 4.79 Å². The number of carbonyl (C=O) groups is 1.